The van der Waals surface area contributed by atoms with Crippen LogP contribution in [-0.2, 0) is 0 Å². The van der Waals surface area contributed by atoms with Crippen LogP contribution >= 0.6 is 12.6 Å². The Hall–Kier alpha value is -0.870. The molecule has 1 aromatic rings. The number of hydrogen-bond acceptors (Lipinski definition) is 1. The van der Waals surface area contributed by atoms with Crippen molar-refractivity contribution in [3.8, 4) is 11.8 Å². The maximum absolute atomic E-state index is 4.31. The summed E-state index contributed by atoms with van der Waals surface area (Å²) in [7, 11) is 0. The molecule has 0 spiro atoms. The van der Waals surface area contributed by atoms with Crippen LogP contribution in [0.1, 0.15) is 83.1 Å². The summed E-state index contributed by atoms with van der Waals surface area (Å²) >= 11 is 4.31. The van der Waals surface area contributed by atoms with Gasteiger partial charge in [-0.05, 0) is 55.9 Å². The third-order valence-corrected chi connectivity index (χ3v) is 5.40. The Kier molecular flexibility index (Phi) is 8.69. The van der Waals surface area contributed by atoms with E-state index in [4.69, 9.17) is 0 Å². The molecule has 0 atom stereocenters. The fourth-order valence-electron chi connectivity index (χ4n) is 3.54. The topological polar surface area (TPSA) is 0 Å². The van der Waals surface area contributed by atoms with Gasteiger partial charge in [0.1, 0.15) is 0 Å². The van der Waals surface area contributed by atoms with Gasteiger partial charge in [-0.3, -0.25) is 0 Å². The maximum Gasteiger partial charge on any atom is 0.0246 e. The zero-order valence-electron chi connectivity index (χ0n) is 14.7. The molecule has 2 rings (SSSR count). The van der Waals surface area contributed by atoms with Crippen molar-refractivity contribution in [2.75, 3.05) is 0 Å². The van der Waals surface area contributed by atoms with E-state index in [1.807, 2.05) is 12.1 Å². The first kappa shape index (κ1) is 18.5. The van der Waals surface area contributed by atoms with Crippen molar-refractivity contribution in [2.45, 2.75) is 82.4 Å². The third-order valence-electron chi connectivity index (χ3n) is 5.10. The Balaban J connectivity index is 1.61. The van der Waals surface area contributed by atoms with Gasteiger partial charge < -0.3 is 0 Å². The highest BCUT2D eigenvalue weighted by molar-refractivity contribution is 7.80. The monoisotopic (exact) mass is 328 g/mol. The van der Waals surface area contributed by atoms with E-state index in [0.29, 0.717) is 5.92 Å². The van der Waals surface area contributed by atoms with Crippen LogP contribution in [0.15, 0.2) is 29.2 Å². The molecule has 126 valence electrons. The Labute approximate surface area is 148 Å². The molecule has 0 unspecified atom stereocenters. The first-order valence-electron chi connectivity index (χ1n) is 9.58. The second kappa shape index (κ2) is 10.8. The Morgan fingerprint density at radius 3 is 2.26 bits per heavy atom. The molecule has 1 saturated carbocycles. The Morgan fingerprint density at radius 1 is 0.913 bits per heavy atom. The smallest absolute Gasteiger partial charge is 0.0246 e. The molecule has 0 aliphatic heterocycles. The summed E-state index contributed by atoms with van der Waals surface area (Å²) in [6, 6.07) is 8.17. The molecule has 0 radical (unpaired) electrons. The highest BCUT2D eigenvalue weighted by atomic mass is 32.1. The van der Waals surface area contributed by atoms with E-state index < -0.39 is 0 Å². The summed E-state index contributed by atoms with van der Waals surface area (Å²) in [4.78, 5) is 1.01. The van der Waals surface area contributed by atoms with E-state index in [2.05, 4.69) is 43.5 Å². The molecule has 23 heavy (non-hydrogen) atoms. The van der Waals surface area contributed by atoms with Crippen LogP contribution in [0.25, 0.3) is 0 Å². The zero-order valence-corrected chi connectivity index (χ0v) is 15.6. The van der Waals surface area contributed by atoms with Gasteiger partial charge in [-0.2, -0.15) is 0 Å². The van der Waals surface area contributed by atoms with Crippen molar-refractivity contribution >= 4 is 12.6 Å². The standard InChI is InChI=1S/C22H32S/c1-2-3-4-5-6-7-8-19-9-11-20(12-10-19)13-14-21-15-17-22(23)18-16-21/h15-20,23H,2-12H2,1H3. The molecule has 1 aliphatic carbocycles. The quantitative estimate of drug-likeness (QED) is 0.315. The summed E-state index contributed by atoms with van der Waals surface area (Å²) < 4.78 is 0. The fourth-order valence-corrected chi connectivity index (χ4v) is 3.69. The molecule has 1 heteroatoms. The van der Waals surface area contributed by atoms with E-state index in [9.17, 15) is 0 Å². The number of benzene rings is 1. The maximum atomic E-state index is 4.31. The van der Waals surface area contributed by atoms with Crippen LogP contribution < -0.4 is 0 Å². The van der Waals surface area contributed by atoms with E-state index >= 15 is 0 Å². The van der Waals surface area contributed by atoms with E-state index in [1.54, 1.807) is 0 Å². The lowest BCUT2D eigenvalue weighted by atomic mass is 9.80. The molecule has 1 aromatic carbocycles. The average molecular weight is 329 g/mol. The number of hydrogen-bond donors (Lipinski definition) is 1. The first-order valence-corrected chi connectivity index (χ1v) is 10.0. The molecule has 0 aromatic heterocycles. The van der Waals surface area contributed by atoms with Crippen molar-refractivity contribution in [3.63, 3.8) is 0 Å². The lowest BCUT2D eigenvalue weighted by Crippen LogP contribution is -2.13. The number of unbranched alkanes of at least 4 members (excludes halogenated alkanes) is 5. The normalized spacial score (nSPS) is 20.8. The van der Waals surface area contributed by atoms with Crippen molar-refractivity contribution in [1.82, 2.24) is 0 Å². The second-order valence-corrected chi connectivity index (χ2v) is 7.61. The number of rotatable bonds is 7. The van der Waals surface area contributed by atoms with Crippen LogP contribution in [0, 0.1) is 23.7 Å². The van der Waals surface area contributed by atoms with E-state index in [0.717, 1.165) is 16.4 Å². The molecule has 1 aliphatic rings. The van der Waals surface area contributed by atoms with E-state index in [-0.39, 0.29) is 0 Å². The van der Waals surface area contributed by atoms with Crippen molar-refractivity contribution < 1.29 is 0 Å². The molecular weight excluding hydrogens is 296 g/mol. The van der Waals surface area contributed by atoms with Crippen molar-refractivity contribution in [2.24, 2.45) is 11.8 Å². The van der Waals surface area contributed by atoms with Gasteiger partial charge in [0, 0.05) is 16.4 Å². The lowest BCUT2D eigenvalue weighted by molar-refractivity contribution is 0.293. The fraction of sp³-hybridized carbons (Fsp3) is 0.636. The van der Waals surface area contributed by atoms with Gasteiger partial charge in [0.2, 0.25) is 0 Å². The van der Waals surface area contributed by atoms with Gasteiger partial charge in [-0.25, -0.2) is 0 Å². The minimum atomic E-state index is 0.617. The van der Waals surface area contributed by atoms with Crippen molar-refractivity contribution in [3.05, 3.63) is 29.8 Å². The highest BCUT2D eigenvalue weighted by Crippen LogP contribution is 2.31. The molecule has 1 fully saturated rings. The SMILES string of the molecule is CCCCCCCCC1CCC(C#Cc2ccc(S)cc2)CC1. The predicted octanol–water partition coefficient (Wildman–Crippen LogP) is 6.88. The summed E-state index contributed by atoms with van der Waals surface area (Å²) in [6.45, 7) is 2.29. The average Bonchev–Trinajstić information content (AvgIpc) is 2.58. The van der Waals surface area contributed by atoms with Crippen LogP contribution in [0.4, 0.5) is 0 Å². The van der Waals surface area contributed by atoms with Crippen LogP contribution in [0.3, 0.4) is 0 Å². The first-order chi connectivity index (χ1) is 11.3. The summed E-state index contributed by atoms with van der Waals surface area (Å²) in [6.07, 6.45) is 15.4. The van der Waals surface area contributed by atoms with Crippen molar-refractivity contribution in [1.29, 1.82) is 0 Å². The lowest BCUT2D eigenvalue weighted by Gasteiger charge is -2.25. The van der Waals surface area contributed by atoms with Gasteiger partial charge in [-0.1, -0.05) is 63.7 Å². The van der Waals surface area contributed by atoms with Crippen LogP contribution in [-0.4, -0.2) is 0 Å². The van der Waals surface area contributed by atoms with E-state index in [1.165, 1.54) is 70.6 Å². The van der Waals surface area contributed by atoms with Crippen LogP contribution in [0.2, 0.25) is 0 Å². The largest absolute Gasteiger partial charge is 0.143 e. The molecule has 0 amide bonds. The Morgan fingerprint density at radius 2 is 1.57 bits per heavy atom. The third kappa shape index (κ3) is 7.49. The van der Waals surface area contributed by atoms with Gasteiger partial charge in [-0.15, -0.1) is 12.6 Å². The minimum Gasteiger partial charge on any atom is -0.143 e. The molecule has 0 bridgehead atoms. The molecule has 0 heterocycles. The summed E-state index contributed by atoms with van der Waals surface area (Å²) in [5.41, 5.74) is 1.12. The summed E-state index contributed by atoms with van der Waals surface area (Å²) in [5, 5.41) is 0. The molecule has 0 nitrogen and oxygen atoms in total. The minimum absolute atomic E-state index is 0.617. The highest BCUT2D eigenvalue weighted by Gasteiger charge is 2.19. The molecule has 0 saturated heterocycles. The number of thiol groups is 1. The van der Waals surface area contributed by atoms with Gasteiger partial charge in [0.25, 0.3) is 0 Å². The van der Waals surface area contributed by atoms with Crippen LogP contribution in [0.5, 0.6) is 0 Å². The zero-order chi connectivity index (χ0) is 16.3. The predicted molar refractivity (Wildman–Crippen MR) is 104 cm³/mol. The molecular formula is C22H32S. The molecule has 0 N–H and O–H groups in total. The van der Waals surface area contributed by atoms with Gasteiger partial charge in [0.15, 0.2) is 0 Å². The summed E-state index contributed by atoms with van der Waals surface area (Å²) in [5.74, 6) is 8.43. The van der Waals surface area contributed by atoms with Gasteiger partial charge in [0.05, 0.1) is 0 Å². The Bertz CT molecular complexity index is 483. The second-order valence-electron chi connectivity index (χ2n) is 7.09. The van der Waals surface area contributed by atoms with Gasteiger partial charge >= 0.3 is 0 Å².